The number of fused-ring (bicyclic) bond motifs is 8. The van der Waals surface area contributed by atoms with Crippen LogP contribution in [-0.4, -0.2) is 15.0 Å². The van der Waals surface area contributed by atoms with E-state index in [1.165, 1.54) is 25.6 Å². The van der Waals surface area contributed by atoms with Gasteiger partial charge in [0.2, 0.25) is 0 Å². The summed E-state index contributed by atoms with van der Waals surface area (Å²) in [7, 11) is 0. The second-order valence-electron chi connectivity index (χ2n) is 14.7. The van der Waals surface area contributed by atoms with E-state index in [-0.39, 0.29) is 0 Å². The molecule has 0 radical (unpaired) electrons. The van der Waals surface area contributed by atoms with E-state index in [1.54, 1.807) is 11.3 Å². The molecule has 0 amide bonds. The molecule has 0 unspecified atom stereocenters. The van der Waals surface area contributed by atoms with Gasteiger partial charge < -0.3 is 4.42 Å². The van der Waals surface area contributed by atoms with E-state index in [9.17, 15) is 0 Å². The van der Waals surface area contributed by atoms with E-state index in [0.29, 0.717) is 17.5 Å². The van der Waals surface area contributed by atoms with Crippen LogP contribution in [0, 0.1) is 0 Å². The van der Waals surface area contributed by atoms with E-state index in [2.05, 4.69) is 182 Å². The van der Waals surface area contributed by atoms with Crippen LogP contribution in [0.4, 0.5) is 0 Å². The van der Waals surface area contributed by atoms with Gasteiger partial charge in [0.15, 0.2) is 17.5 Å². The number of rotatable bonds is 5. The molecule has 3 aromatic heterocycles. The Morgan fingerprint density at radius 3 is 1.81 bits per heavy atom. The molecule has 0 aliphatic carbocycles. The number of aromatic nitrogens is 3. The summed E-state index contributed by atoms with van der Waals surface area (Å²) < 4.78 is 9.22. The second kappa shape index (κ2) is 13.1. The number of nitrogens with zero attached hydrogens (tertiary/aromatic N) is 3. The van der Waals surface area contributed by atoms with Crippen molar-refractivity contribution in [2.24, 2.45) is 0 Å². The Morgan fingerprint density at radius 1 is 0.345 bits per heavy atom. The monoisotopic (exact) mass is 757 g/mol. The molecular weight excluding hydrogens is 727 g/mol. The molecule has 5 heteroatoms. The predicted octanol–water partition coefficient (Wildman–Crippen LogP) is 14.8. The number of thiophene rings is 1. The third-order valence-electron chi connectivity index (χ3n) is 11.4. The van der Waals surface area contributed by atoms with Crippen molar-refractivity contribution in [2.45, 2.75) is 0 Å². The highest BCUT2D eigenvalue weighted by Gasteiger charge is 2.22. The van der Waals surface area contributed by atoms with Crippen molar-refractivity contribution in [1.29, 1.82) is 0 Å². The normalized spacial score (nSPS) is 11.8. The number of hydrogen-bond donors (Lipinski definition) is 0. The molecule has 0 atom stereocenters. The molecule has 0 saturated heterocycles. The Labute approximate surface area is 337 Å². The van der Waals surface area contributed by atoms with Gasteiger partial charge in [-0.15, -0.1) is 11.3 Å². The fourth-order valence-electron chi connectivity index (χ4n) is 8.67. The van der Waals surface area contributed by atoms with Crippen molar-refractivity contribution in [3.05, 3.63) is 188 Å². The molecule has 12 aromatic rings. The average molecular weight is 758 g/mol. The molecule has 0 saturated carbocycles. The fraction of sp³-hybridized carbons (Fsp3) is 0. The zero-order valence-corrected chi connectivity index (χ0v) is 31.9. The van der Waals surface area contributed by atoms with Crippen LogP contribution in [0.1, 0.15) is 0 Å². The molecule has 4 nitrogen and oxygen atoms in total. The maximum Gasteiger partial charge on any atom is 0.164 e. The standard InChI is InChI=1S/C53H31N3OS/c1-2-15-34-31-35(28-27-32(34)13-1)37-29-30-39(49-42-20-7-9-24-45(42)57-50(37)49)38-18-5-6-19-41(38)52-54-51(40-22-11-16-33-14-3-4-17-36(33)40)55-53(56-52)44-23-12-26-47-48(44)43-21-8-10-25-46(43)58-47/h1-31H. The second-order valence-corrected chi connectivity index (χ2v) is 15.8. The SMILES string of the molecule is c1ccc(-c2ccc(-c3ccc4ccccc4c3)c3oc4ccccc4c23)c(-c2nc(-c3cccc4ccccc34)nc(-c3cccc4sc5ccccc5c34)n2)c1. The van der Waals surface area contributed by atoms with E-state index in [4.69, 9.17) is 19.4 Å². The van der Waals surface area contributed by atoms with Crippen LogP contribution in [0.2, 0.25) is 0 Å². The summed E-state index contributed by atoms with van der Waals surface area (Å²) in [4.78, 5) is 16.0. The summed E-state index contributed by atoms with van der Waals surface area (Å²) >= 11 is 1.80. The highest BCUT2D eigenvalue weighted by Crippen LogP contribution is 2.45. The van der Waals surface area contributed by atoms with Crippen LogP contribution in [0.15, 0.2) is 192 Å². The zero-order chi connectivity index (χ0) is 38.2. The molecule has 0 aliphatic heterocycles. The third kappa shape index (κ3) is 5.18. The fourth-order valence-corrected chi connectivity index (χ4v) is 9.80. The summed E-state index contributed by atoms with van der Waals surface area (Å²) in [6.45, 7) is 0. The first-order valence-electron chi connectivity index (χ1n) is 19.4. The van der Waals surface area contributed by atoms with E-state index in [1.807, 2.05) is 6.07 Å². The van der Waals surface area contributed by atoms with E-state index in [0.717, 1.165) is 77.0 Å². The molecule has 0 N–H and O–H groups in total. The van der Waals surface area contributed by atoms with Crippen LogP contribution >= 0.6 is 11.3 Å². The molecule has 270 valence electrons. The van der Waals surface area contributed by atoms with E-state index < -0.39 is 0 Å². The minimum Gasteiger partial charge on any atom is -0.455 e. The van der Waals surface area contributed by atoms with Crippen LogP contribution in [0.5, 0.6) is 0 Å². The van der Waals surface area contributed by atoms with Crippen molar-refractivity contribution < 1.29 is 4.42 Å². The highest BCUT2D eigenvalue weighted by molar-refractivity contribution is 7.25. The molecule has 3 heterocycles. The van der Waals surface area contributed by atoms with Gasteiger partial charge in [0, 0.05) is 53.2 Å². The van der Waals surface area contributed by atoms with Gasteiger partial charge in [0.25, 0.3) is 0 Å². The van der Waals surface area contributed by atoms with Gasteiger partial charge in [-0.05, 0) is 68.6 Å². The van der Waals surface area contributed by atoms with Crippen molar-refractivity contribution >= 4 is 75.0 Å². The number of para-hydroxylation sites is 1. The van der Waals surface area contributed by atoms with Gasteiger partial charge in [-0.3, -0.25) is 0 Å². The summed E-state index contributed by atoms with van der Waals surface area (Å²) in [6.07, 6.45) is 0. The molecule has 0 fully saturated rings. The quantitative estimate of drug-likeness (QED) is 0.175. The Kier molecular flexibility index (Phi) is 7.37. The lowest BCUT2D eigenvalue weighted by Crippen LogP contribution is -2.02. The molecule has 0 bridgehead atoms. The van der Waals surface area contributed by atoms with Crippen LogP contribution < -0.4 is 0 Å². The first-order chi connectivity index (χ1) is 28.7. The van der Waals surface area contributed by atoms with Crippen molar-refractivity contribution in [3.8, 4) is 56.4 Å². The van der Waals surface area contributed by atoms with Gasteiger partial charge in [-0.1, -0.05) is 158 Å². The molecule has 58 heavy (non-hydrogen) atoms. The van der Waals surface area contributed by atoms with Crippen molar-refractivity contribution in [3.63, 3.8) is 0 Å². The summed E-state index contributed by atoms with van der Waals surface area (Å²) in [6, 6.07) is 66.1. The first-order valence-corrected chi connectivity index (χ1v) is 20.2. The molecule has 0 spiro atoms. The third-order valence-corrected chi connectivity index (χ3v) is 12.5. The van der Waals surface area contributed by atoms with E-state index >= 15 is 0 Å². The number of benzene rings is 9. The largest absolute Gasteiger partial charge is 0.455 e. The Bertz CT molecular complexity index is 3590. The Morgan fingerprint density at radius 2 is 0.931 bits per heavy atom. The van der Waals surface area contributed by atoms with Gasteiger partial charge in [0.1, 0.15) is 11.2 Å². The number of furan rings is 1. The van der Waals surface area contributed by atoms with Crippen molar-refractivity contribution in [2.75, 3.05) is 0 Å². The van der Waals surface area contributed by atoms with Crippen molar-refractivity contribution in [1.82, 2.24) is 15.0 Å². The number of hydrogen-bond acceptors (Lipinski definition) is 5. The molecule has 0 aliphatic rings. The summed E-state index contributed by atoms with van der Waals surface area (Å²) in [5.41, 5.74) is 8.80. The lowest BCUT2D eigenvalue weighted by molar-refractivity contribution is 0.670. The summed E-state index contributed by atoms with van der Waals surface area (Å²) in [5, 5.41) is 9.12. The van der Waals surface area contributed by atoms with Crippen LogP contribution in [0.25, 0.3) is 120 Å². The maximum atomic E-state index is 6.78. The van der Waals surface area contributed by atoms with Gasteiger partial charge >= 0.3 is 0 Å². The van der Waals surface area contributed by atoms with Crippen LogP contribution in [-0.2, 0) is 0 Å². The Balaban J connectivity index is 1.12. The lowest BCUT2D eigenvalue weighted by atomic mass is 9.91. The minimum atomic E-state index is 0.611. The predicted molar refractivity (Wildman–Crippen MR) is 242 cm³/mol. The van der Waals surface area contributed by atoms with Gasteiger partial charge in [-0.25, -0.2) is 15.0 Å². The topological polar surface area (TPSA) is 51.8 Å². The molecule has 9 aromatic carbocycles. The average Bonchev–Trinajstić information content (AvgIpc) is 3.88. The zero-order valence-electron chi connectivity index (χ0n) is 31.1. The first kappa shape index (κ1) is 32.7. The van der Waals surface area contributed by atoms with Gasteiger partial charge in [-0.2, -0.15) is 0 Å². The lowest BCUT2D eigenvalue weighted by Gasteiger charge is -2.15. The van der Waals surface area contributed by atoms with Crippen LogP contribution in [0.3, 0.4) is 0 Å². The molecular formula is C53H31N3OS. The highest BCUT2D eigenvalue weighted by atomic mass is 32.1. The minimum absolute atomic E-state index is 0.611. The molecule has 12 rings (SSSR count). The maximum absolute atomic E-state index is 6.78. The summed E-state index contributed by atoms with van der Waals surface area (Å²) in [5.74, 6) is 1.88. The van der Waals surface area contributed by atoms with Gasteiger partial charge in [0.05, 0.1) is 0 Å². The Hall–Kier alpha value is -7.47. The smallest absolute Gasteiger partial charge is 0.164 e.